The topological polar surface area (TPSA) is 107 Å². The predicted molar refractivity (Wildman–Crippen MR) is 111 cm³/mol. The van der Waals surface area contributed by atoms with Crippen molar-refractivity contribution in [2.45, 2.75) is 18.7 Å². The number of aromatic nitrogens is 2. The van der Waals surface area contributed by atoms with Crippen molar-refractivity contribution in [1.82, 2.24) is 10.3 Å². The van der Waals surface area contributed by atoms with E-state index in [4.69, 9.17) is 13.8 Å². The van der Waals surface area contributed by atoms with Crippen LogP contribution in [0.4, 0.5) is 5.69 Å². The molecule has 30 heavy (non-hydrogen) atoms. The number of aryl methyl sites for hydroxylation is 1. The van der Waals surface area contributed by atoms with Crippen LogP contribution in [0.25, 0.3) is 22.6 Å². The Morgan fingerprint density at radius 3 is 2.30 bits per heavy atom. The molecule has 0 radical (unpaired) electrons. The minimum Gasteiger partial charge on any atom is -0.495 e. The second-order valence-electron chi connectivity index (χ2n) is 6.65. The van der Waals surface area contributed by atoms with E-state index in [1.54, 1.807) is 48.7 Å². The largest absolute Gasteiger partial charge is 0.495 e. The average Bonchev–Trinajstić information content (AvgIpc) is 3.39. The van der Waals surface area contributed by atoms with Gasteiger partial charge in [0.25, 0.3) is 10.0 Å². The number of rotatable bonds is 6. The van der Waals surface area contributed by atoms with Gasteiger partial charge in [0.15, 0.2) is 11.5 Å². The van der Waals surface area contributed by atoms with Crippen molar-refractivity contribution >= 4 is 15.7 Å². The molecule has 2 aromatic heterocycles. The van der Waals surface area contributed by atoms with E-state index < -0.39 is 10.0 Å². The predicted octanol–water partition coefficient (Wildman–Crippen LogP) is 4.42. The van der Waals surface area contributed by atoms with E-state index in [0.717, 1.165) is 16.8 Å². The number of hydrogen-bond donors (Lipinski definition) is 1. The second kappa shape index (κ2) is 7.68. The van der Waals surface area contributed by atoms with E-state index in [1.807, 2.05) is 13.8 Å². The lowest BCUT2D eigenvalue weighted by Crippen LogP contribution is -2.14. The number of nitrogens with one attached hydrogen (secondary N) is 1. The minimum absolute atomic E-state index is 0.00439. The molecule has 1 N–H and O–H groups in total. The van der Waals surface area contributed by atoms with Crippen LogP contribution in [0.15, 0.2) is 68.7 Å². The van der Waals surface area contributed by atoms with Crippen molar-refractivity contribution < 1.29 is 22.2 Å². The van der Waals surface area contributed by atoms with Gasteiger partial charge in [-0.1, -0.05) is 10.3 Å². The zero-order valence-electron chi connectivity index (χ0n) is 16.5. The average molecular weight is 425 g/mol. The Morgan fingerprint density at radius 2 is 1.70 bits per heavy atom. The first-order valence-corrected chi connectivity index (χ1v) is 10.5. The van der Waals surface area contributed by atoms with Crippen LogP contribution in [-0.4, -0.2) is 25.8 Å². The van der Waals surface area contributed by atoms with Crippen molar-refractivity contribution in [2.24, 2.45) is 0 Å². The van der Waals surface area contributed by atoms with Crippen molar-refractivity contribution in [3.05, 3.63) is 66.0 Å². The fourth-order valence-electron chi connectivity index (χ4n) is 2.99. The summed E-state index contributed by atoms with van der Waals surface area (Å²) in [5.41, 5.74) is 3.37. The molecule has 0 bridgehead atoms. The van der Waals surface area contributed by atoms with Gasteiger partial charge < -0.3 is 13.8 Å². The van der Waals surface area contributed by atoms with E-state index in [1.165, 1.54) is 13.2 Å². The highest BCUT2D eigenvalue weighted by Crippen LogP contribution is 2.33. The summed E-state index contributed by atoms with van der Waals surface area (Å²) in [4.78, 5) is -0.00439. The molecule has 0 saturated heterocycles. The van der Waals surface area contributed by atoms with Gasteiger partial charge in [0.05, 0.1) is 19.0 Å². The normalized spacial score (nSPS) is 11.4. The van der Waals surface area contributed by atoms with Crippen molar-refractivity contribution in [3.63, 3.8) is 0 Å². The highest BCUT2D eigenvalue weighted by Gasteiger charge is 2.22. The van der Waals surface area contributed by atoms with Gasteiger partial charge in [0, 0.05) is 28.4 Å². The molecule has 0 aliphatic heterocycles. The number of hydrogen-bond acceptors (Lipinski definition) is 7. The smallest absolute Gasteiger partial charge is 0.265 e. The van der Waals surface area contributed by atoms with Crippen LogP contribution in [0.2, 0.25) is 0 Å². The Morgan fingerprint density at radius 1 is 0.967 bits per heavy atom. The molecular weight excluding hydrogens is 406 g/mol. The van der Waals surface area contributed by atoms with E-state index >= 15 is 0 Å². The third kappa shape index (κ3) is 3.67. The van der Waals surface area contributed by atoms with E-state index in [-0.39, 0.29) is 10.6 Å². The van der Waals surface area contributed by atoms with Gasteiger partial charge in [-0.3, -0.25) is 4.72 Å². The standard InChI is InChI=1S/C21H19N3O5S/c1-13-14(2)23-29-21(13)16-6-9-19(27-3)20(12-16)30(25,26)24-17-7-4-15(5-8-17)18-10-11-22-28-18/h4-12,24H,1-3H3. The van der Waals surface area contributed by atoms with Gasteiger partial charge in [-0.15, -0.1) is 0 Å². The third-order valence-corrected chi connectivity index (χ3v) is 6.13. The lowest BCUT2D eigenvalue weighted by Gasteiger charge is -2.13. The number of anilines is 1. The number of nitrogens with zero attached hydrogens (tertiary/aromatic N) is 2. The molecule has 0 atom stereocenters. The van der Waals surface area contributed by atoms with Crippen LogP contribution < -0.4 is 9.46 Å². The molecule has 0 saturated carbocycles. The third-order valence-electron chi connectivity index (χ3n) is 4.73. The van der Waals surface area contributed by atoms with E-state index in [2.05, 4.69) is 15.0 Å². The van der Waals surface area contributed by atoms with Crippen LogP contribution in [0.1, 0.15) is 11.3 Å². The Bertz CT molecular complexity index is 1280. The lowest BCUT2D eigenvalue weighted by molar-refractivity contribution is 0.402. The molecule has 8 nitrogen and oxygen atoms in total. The monoisotopic (exact) mass is 425 g/mol. The summed E-state index contributed by atoms with van der Waals surface area (Å²) >= 11 is 0. The molecule has 154 valence electrons. The fourth-order valence-corrected chi connectivity index (χ4v) is 4.24. The first kappa shape index (κ1) is 19.7. The molecule has 2 heterocycles. The van der Waals surface area contributed by atoms with Crippen LogP contribution in [0, 0.1) is 13.8 Å². The summed E-state index contributed by atoms with van der Waals surface area (Å²) in [6.07, 6.45) is 1.54. The number of sulfonamides is 1. The van der Waals surface area contributed by atoms with Gasteiger partial charge in [-0.25, -0.2) is 8.42 Å². The van der Waals surface area contributed by atoms with Crippen molar-refractivity contribution in [1.29, 1.82) is 0 Å². The van der Waals surface area contributed by atoms with E-state index in [0.29, 0.717) is 22.8 Å². The Labute approximate surface area is 173 Å². The highest BCUT2D eigenvalue weighted by atomic mass is 32.2. The first-order valence-electron chi connectivity index (χ1n) is 9.04. The summed E-state index contributed by atoms with van der Waals surface area (Å²) in [5.74, 6) is 1.33. The molecule has 2 aromatic carbocycles. The van der Waals surface area contributed by atoms with E-state index in [9.17, 15) is 8.42 Å². The van der Waals surface area contributed by atoms with Crippen LogP contribution >= 0.6 is 0 Å². The van der Waals surface area contributed by atoms with Gasteiger partial charge in [-0.05, 0) is 56.3 Å². The number of ether oxygens (including phenoxy) is 1. The van der Waals surface area contributed by atoms with Crippen LogP contribution in [0.5, 0.6) is 5.75 Å². The molecule has 0 amide bonds. The summed E-state index contributed by atoms with van der Waals surface area (Å²) < 4.78 is 44.5. The van der Waals surface area contributed by atoms with Crippen LogP contribution in [-0.2, 0) is 10.0 Å². The molecule has 4 rings (SSSR count). The Kier molecular flexibility index (Phi) is 5.04. The Hall–Kier alpha value is -3.59. The van der Waals surface area contributed by atoms with Gasteiger partial charge >= 0.3 is 0 Å². The number of benzene rings is 2. The number of methoxy groups -OCH3 is 1. The van der Waals surface area contributed by atoms with Gasteiger partial charge in [0.2, 0.25) is 0 Å². The molecule has 9 heteroatoms. The summed E-state index contributed by atoms with van der Waals surface area (Å²) in [6, 6.07) is 13.3. The van der Waals surface area contributed by atoms with Crippen molar-refractivity contribution in [3.8, 4) is 28.4 Å². The maximum Gasteiger partial charge on any atom is 0.265 e. The minimum atomic E-state index is -3.93. The zero-order chi connectivity index (χ0) is 21.3. The van der Waals surface area contributed by atoms with Crippen LogP contribution in [0.3, 0.4) is 0 Å². The molecular formula is C21H19N3O5S. The Balaban J connectivity index is 1.67. The fraction of sp³-hybridized carbons (Fsp3) is 0.143. The molecule has 0 aliphatic carbocycles. The molecule has 0 spiro atoms. The quantitative estimate of drug-likeness (QED) is 0.487. The second-order valence-corrected chi connectivity index (χ2v) is 8.30. The molecule has 4 aromatic rings. The van der Waals surface area contributed by atoms with Crippen molar-refractivity contribution in [2.75, 3.05) is 11.8 Å². The van der Waals surface area contributed by atoms with Gasteiger partial charge in [-0.2, -0.15) is 0 Å². The summed E-state index contributed by atoms with van der Waals surface area (Å²) in [5, 5.41) is 7.61. The summed E-state index contributed by atoms with van der Waals surface area (Å²) in [6.45, 7) is 3.70. The molecule has 0 unspecified atom stereocenters. The highest BCUT2D eigenvalue weighted by molar-refractivity contribution is 7.92. The summed E-state index contributed by atoms with van der Waals surface area (Å²) in [7, 11) is -2.51. The first-order chi connectivity index (χ1) is 14.4. The maximum atomic E-state index is 13.1. The molecule has 0 fully saturated rings. The van der Waals surface area contributed by atoms with Gasteiger partial charge in [0.1, 0.15) is 10.6 Å². The lowest BCUT2D eigenvalue weighted by atomic mass is 10.1. The SMILES string of the molecule is COc1ccc(-c2onc(C)c2C)cc1S(=O)(=O)Nc1ccc(-c2ccno2)cc1. The molecule has 0 aliphatic rings. The zero-order valence-corrected chi connectivity index (χ0v) is 17.4. The maximum absolute atomic E-state index is 13.1.